The number of rotatable bonds is 10. The Balaban J connectivity index is 1.47. The summed E-state index contributed by atoms with van der Waals surface area (Å²) in [7, 11) is -6.76. The average molecular weight is 688 g/mol. The third-order valence-corrected chi connectivity index (χ3v) is 10.7. The van der Waals surface area contributed by atoms with Crippen LogP contribution in [-0.2, 0) is 26.6 Å². The molecule has 0 saturated carbocycles. The van der Waals surface area contributed by atoms with Gasteiger partial charge in [-0.1, -0.05) is 18.2 Å². The summed E-state index contributed by atoms with van der Waals surface area (Å²) in [6.45, 7) is 2.22. The Hall–Kier alpha value is -3.49. The molecule has 0 radical (unpaired) electrons. The molecule has 0 spiro atoms. The highest BCUT2D eigenvalue weighted by Gasteiger charge is 2.40. The second-order valence-electron chi connectivity index (χ2n) is 10.4. The van der Waals surface area contributed by atoms with Crippen molar-refractivity contribution < 1.29 is 39.2 Å². The van der Waals surface area contributed by atoms with Crippen LogP contribution in [0.1, 0.15) is 38.8 Å². The summed E-state index contributed by atoms with van der Waals surface area (Å²) >= 11 is 0.919. The SMILES string of the molecule is CN1CCN(C(=O)c2cccc(-c3ccc4nc(C(c5nnc(CNS(N)(=O)=O)o5)S(=O)(=O)CCC(F)(F)F)sc4c3)c2)CC1. The lowest BCUT2D eigenvalue weighted by atomic mass is 10.0. The first-order valence-corrected chi connectivity index (χ1v) is 17.5. The predicted molar refractivity (Wildman–Crippen MR) is 159 cm³/mol. The molecule has 5 rings (SSSR count). The number of alkyl halides is 3. The van der Waals surface area contributed by atoms with Crippen molar-refractivity contribution in [2.45, 2.75) is 24.4 Å². The van der Waals surface area contributed by atoms with Gasteiger partial charge in [-0.25, -0.2) is 18.5 Å². The number of benzene rings is 2. The van der Waals surface area contributed by atoms with Crippen LogP contribution in [0.4, 0.5) is 13.2 Å². The molecule has 0 bridgehead atoms. The van der Waals surface area contributed by atoms with Gasteiger partial charge in [-0.2, -0.15) is 26.3 Å². The maximum atomic E-state index is 13.3. The van der Waals surface area contributed by atoms with Gasteiger partial charge in [0.2, 0.25) is 11.8 Å². The Bertz CT molecular complexity index is 1920. The fraction of sp³-hybridized carbons (Fsp3) is 0.385. The molecule has 1 aliphatic rings. The predicted octanol–water partition coefficient (Wildman–Crippen LogP) is 2.48. The van der Waals surface area contributed by atoms with Crippen LogP contribution in [0.15, 0.2) is 46.9 Å². The van der Waals surface area contributed by atoms with E-state index in [9.17, 15) is 34.8 Å². The van der Waals surface area contributed by atoms with E-state index in [-0.39, 0.29) is 16.8 Å². The molecule has 19 heteroatoms. The fourth-order valence-electron chi connectivity index (χ4n) is 4.65. The molecule has 242 valence electrons. The van der Waals surface area contributed by atoms with Crippen molar-refractivity contribution in [1.82, 2.24) is 29.7 Å². The maximum absolute atomic E-state index is 13.3. The number of likely N-dealkylation sites (N-methyl/N-ethyl adjacent to an activating group) is 1. The number of amides is 1. The topological polar surface area (TPSA) is 182 Å². The monoisotopic (exact) mass is 687 g/mol. The molecule has 1 unspecified atom stereocenters. The van der Waals surface area contributed by atoms with Crippen molar-refractivity contribution in [2.75, 3.05) is 39.0 Å². The van der Waals surface area contributed by atoms with E-state index in [1.54, 1.807) is 41.3 Å². The van der Waals surface area contributed by atoms with Gasteiger partial charge in [-0.15, -0.1) is 21.5 Å². The highest BCUT2D eigenvalue weighted by molar-refractivity contribution is 7.92. The van der Waals surface area contributed by atoms with Crippen LogP contribution >= 0.6 is 11.3 Å². The number of hydrogen-bond acceptors (Lipinski definition) is 11. The molecule has 13 nitrogen and oxygen atoms in total. The van der Waals surface area contributed by atoms with Crippen LogP contribution in [0.2, 0.25) is 0 Å². The number of thiazole rings is 1. The molecule has 3 N–H and O–H groups in total. The average Bonchev–Trinajstić information content (AvgIpc) is 3.61. The third kappa shape index (κ3) is 8.22. The van der Waals surface area contributed by atoms with E-state index in [1.807, 2.05) is 17.8 Å². The quantitative estimate of drug-likeness (QED) is 0.251. The smallest absolute Gasteiger partial charge is 0.390 e. The van der Waals surface area contributed by atoms with E-state index >= 15 is 0 Å². The second kappa shape index (κ2) is 12.7. The number of carbonyl (C=O) groups is 1. The highest BCUT2D eigenvalue weighted by atomic mass is 32.2. The zero-order valence-electron chi connectivity index (χ0n) is 23.7. The first-order chi connectivity index (χ1) is 21.1. The van der Waals surface area contributed by atoms with Crippen LogP contribution in [0.3, 0.4) is 0 Å². The minimum Gasteiger partial charge on any atom is -0.422 e. The van der Waals surface area contributed by atoms with Gasteiger partial charge in [0, 0.05) is 31.7 Å². The van der Waals surface area contributed by atoms with Gasteiger partial charge in [0.15, 0.2) is 15.1 Å². The molecule has 1 atom stereocenters. The maximum Gasteiger partial charge on any atom is 0.390 e. The highest BCUT2D eigenvalue weighted by Crippen LogP contribution is 2.38. The first-order valence-electron chi connectivity index (χ1n) is 13.4. The lowest BCUT2D eigenvalue weighted by Gasteiger charge is -2.32. The number of sulfone groups is 1. The molecule has 1 saturated heterocycles. The lowest BCUT2D eigenvalue weighted by Crippen LogP contribution is -2.47. The third-order valence-electron chi connectivity index (χ3n) is 7.02. The number of nitrogens with one attached hydrogen (secondary N) is 1. The second-order valence-corrected chi connectivity index (χ2v) is 15.1. The molecular formula is C26H28F3N7O6S3. The summed E-state index contributed by atoms with van der Waals surface area (Å²) in [4.78, 5) is 21.4. The van der Waals surface area contributed by atoms with Gasteiger partial charge in [0.1, 0.15) is 5.01 Å². The normalized spacial score (nSPS) is 15.9. The fourth-order valence-corrected chi connectivity index (χ4v) is 8.06. The van der Waals surface area contributed by atoms with E-state index in [1.165, 1.54) is 0 Å². The summed E-state index contributed by atoms with van der Waals surface area (Å²) in [6.07, 6.45) is -6.36. The molecule has 2 aromatic carbocycles. The van der Waals surface area contributed by atoms with Crippen LogP contribution in [0, 0.1) is 0 Å². The molecule has 3 heterocycles. The van der Waals surface area contributed by atoms with Gasteiger partial charge in [0.25, 0.3) is 16.1 Å². The first kappa shape index (κ1) is 32.9. The molecule has 1 aliphatic heterocycles. The molecule has 2 aromatic heterocycles. The van der Waals surface area contributed by atoms with Crippen LogP contribution < -0.4 is 9.86 Å². The number of carbonyl (C=O) groups excluding carboxylic acids is 1. The minimum atomic E-state index is -4.75. The van der Waals surface area contributed by atoms with Crippen molar-refractivity contribution >= 4 is 47.5 Å². The molecule has 1 amide bonds. The van der Waals surface area contributed by atoms with E-state index in [0.29, 0.717) is 34.4 Å². The molecule has 45 heavy (non-hydrogen) atoms. The largest absolute Gasteiger partial charge is 0.422 e. The van der Waals surface area contributed by atoms with Gasteiger partial charge in [0.05, 0.1) is 28.9 Å². The standard InChI is InChI=1S/C26H28F3N7O6S3/c1-35-8-10-36(11-9-35)25(37)18-4-2-3-16(13-18)17-5-6-19-20(14-17)43-24(32-19)22(44(38,39)12-7-26(27,28)29)23-34-33-21(42-23)15-31-45(30,40)41/h2-6,13-14,22,31H,7-12,15H2,1H3,(H2,30,40,41). The Morgan fingerprint density at radius 2 is 1.78 bits per heavy atom. The molecular weight excluding hydrogens is 660 g/mol. The summed E-state index contributed by atoms with van der Waals surface area (Å²) in [5.41, 5.74) is 2.32. The number of aromatic nitrogens is 3. The van der Waals surface area contributed by atoms with E-state index in [2.05, 4.69) is 20.1 Å². The van der Waals surface area contributed by atoms with E-state index < -0.39 is 56.1 Å². The number of piperazine rings is 1. The number of nitrogens with two attached hydrogens (primary N) is 1. The van der Waals surface area contributed by atoms with E-state index in [0.717, 1.165) is 30.0 Å². The van der Waals surface area contributed by atoms with Crippen molar-refractivity contribution in [3.05, 3.63) is 64.8 Å². The van der Waals surface area contributed by atoms with Crippen molar-refractivity contribution in [2.24, 2.45) is 5.14 Å². The number of nitrogens with zero attached hydrogens (tertiary/aromatic N) is 5. The Labute approximate surface area is 260 Å². The summed E-state index contributed by atoms with van der Waals surface area (Å²) in [6, 6.07) is 12.2. The van der Waals surface area contributed by atoms with Gasteiger partial charge in [-0.05, 0) is 42.4 Å². The number of halogens is 3. The Morgan fingerprint density at radius 3 is 2.47 bits per heavy atom. The Morgan fingerprint density at radius 1 is 1.07 bits per heavy atom. The molecule has 4 aromatic rings. The van der Waals surface area contributed by atoms with Gasteiger partial charge in [-0.3, -0.25) is 4.79 Å². The summed E-state index contributed by atoms with van der Waals surface area (Å²) < 4.78 is 95.8. The van der Waals surface area contributed by atoms with Crippen LogP contribution in [-0.4, -0.2) is 92.9 Å². The van der Waals surface area contributed by atoms with Gasteiger partial charge < -0.3 is 14.2 Å². The molecule has 0 aliphatic carbocycles. The van der Waals surface area contributed by atoms with Crippen LogP contribution in [0.25, 0.3) is 21.3 Å². The van der Waals surface area contributed by atoms with Gasteiger partial charge >= 0.3 is 6.18 Å². The zero-order valence-corrected chi connectivity index (χ0v) is 26.1. The minimum absolute atomic E-state index is 0.0869. The number of fused-ring (bicyclic) bond motifs is 1. The number of hydrogen-bond donors (Lipinski definition) is 2. The van der Waals surface area contributed by atoms with Crippen LogP contribution in [0.5, 0.6) is 0 Å². The Kier molecular flexibility index (Phi) is 9.30. The summed E-state index contributed by atoms with van der Waals surface area (Å²) in [5, 5.41) is 10.2. The summed E-state index contributed by atoms with van der Waals surface area (Å²) in [5.74, 6) is -2.29. The van der Waals surface area contributed by atoms with Crippen molar-refractivity contribution in [1.29, 1.82) is 0 Å². The van der Waals surface area contributed by atoms with E-state index in [4.69, 9.17) is 9.56 Å². The van der Waals surface area contributed by atoms with Crippen molar-refractivity contribution in [3.8, 4) is 11.1 Å². The zero-order chi connectivity index (χ0) is 32.6. The van der Waals surface area contributed by atoms with Crippen molar-refractivity contribution in [3.63, 3.8) is 0 Å². The molecule has 1 fully saturated rings. The lowest BCUT2D eigenvalue weighted by molar-refractivity contribution is -0.129.